The molecule has 1 aliphatic rings. The van der Waals surface area contributed by atoms with Crippen LogP contribution in [-0.4, -0.2) is 18.1 Å². The predicted molar refractivity (Wildman–Crippen MR) is 77.7 cm³/mol. The van der Waals surface area contributed by atoms with Crippen molar-refractivity contribution in [2.75, 3.05) is 18.0 Å². The Morgan fingerprint density at radius 1 is 1.35 bits per heavy atom. The summed E-state index contributed by atoms with van der Waals surface area (Å²) in [4.78, 5) is 2.94. The Labute approximate surface area is 109 Å². The average molecular weight is 248 g/mol. The average Bonchev–Trinajstić information content (AvgIpc) is 2.29. The topological polar surface area (TPSA) is 29.3 Å². The van der Waals surface area contributed by atoms with E-state index in [1.807, 2.05) is 6.07 Å². The highest BCUT2D eigenvalue weighted by Crippen LogP contribution is 2.24. The molecular weight excluding hydrogens is 228 g/mol. The Balaban J connectivity index is 2.17. The zero-order chi connectivity index (χ0) is 12.4. The second-order valence-electron chi connectivity index (χ2n) is 5.03. The van der Waals surface area contributed by atoms with Gasteiger partial charge in [0.15, 0.2) is 0 Å². The molecule has 17 heavy (non-hydrogen) atoms. The fourth-order valence-electron chi connectivity index (χ4n) is 2.39. The van der Waals surface area contributed by atoms with E-state index in [1.54, 1.807) is 0 Å². The normalized spacial score (nSPS) is 17.2. The van der Waals surface area contributed by atoms with Crippen LogP contribution in [0, 0.1) is 12.8 Å². The molecule has 92 valence electrons. The number of nitrogens with two attached hydrogens (primary N) is 1. The van der Waals surface area contributed by atoms with Gasteiger partial charge in [0, 0.05) is 24.3 Å². The lowest BCUT2D eigenvalue weighted by atomic mass is 9.98. The van der Waals surface area contributed by atoms with Crippen LogP contribution in [0.4, 0.5) is 5.69 Å². The summed E-state index contributed by atoms with van der Waals surface area (Å²) in [5.41, 5.74) is 9.15. The van der Waals surface area contributed by atoms with E-state index < -0.39 is 0 Å². The number of thiocarbonyl (C=S) groups is 1. The molecule has 1 fully saturated rings. The number of hydrogen-bond donors (Lipinski definition) is 1. The van der Waals surface area contributed by atoms with E-state index in [9.17, 15) is 0 Å². The summed E-state index contributed by atoms with van der Waals surface area (Å²) in [7, 11) is 0. The van der Waals surface area contributed by atoms with Crippen molar-refractivity contribution in [1.29, 1.82) is 0 Å². The van der Waals surface area contributed by atoms with Gasteiger partial charge < -0.3 is 10.6 Å². The number of piperidine rings is 1. The van der Waals surface area contributed by atoms with Crippen LogP contribution in [0.15, 0.2) is 18.2 Å². The highest BCUT2D eigenvalue weighted by Gasteiger charge is 2.16. The Morgan fingerprint density at radius 2 is 2.00 bits per heavy atom. The molecule has 0 atom stereocenters. The third-order valence-corrected chi connectivity index (χ3v) is 3.84. The van der Waals surface area contributed by atoms with Crippen molar-refractivity contribution in [2.24, 2.45) is 11.7 Å². The van der Waals surface area contributed by atoms with Crippen LogP contribution in [-0.2, 0) is 0 Å². The Hall–Kier alpha value is -1.09. The smallest absolute Gasteiger partial charge is 0.104 e. The number of hydrogen-bond acceptors (Lipinski definition) is 2. The Bertz CT molecular complexity index is 420. The van der Waals surface area contributed by atoms with Gasteiger partial charge in [-0.15, -0.1) is 0 Å². The van der Waals surface area contributed by atoms with Crippen molar-refractivity contribution in [3.8, 4) is 0 Å². The third kappa shape index (κ3) is 2.78. The van der Waals surface area contributed by atoms with Crippen LogP contribution >= 0.6 is 12.2 Å². The van der Waals surface area contributed by atoms with Gasteiger partial charge in [-0.1, -0.05) is 19.1 Å². The summed E-state index contributed by atoms with van der Waals surface area (Å²) >= 11 is 5.03. The first kappa shape index (κ1) is 12.4. The minimum absolute atomic E-state index is 0.487. The molecule has 1 saturated heterocycles. The van der Waals surface area contributed by atoms with Crippen molar-refractivity contribution in [3.05, 3.63) is 29.3 Å². The highest BCUT2D eigenvalue weighted by molar-refractivity contribution is 7.80. The molecule has 0 aliphatic carbocycles. The maximum absolute atomic E-state index is 5.68. The van der Waals surface area contributed by atoms with Gasteiger partial charge >= 0.3 is 0 Å². The third-order valence-electron chi connectivity index (χ3n) is 3.62. The number of benzene rings is 1. The molecule has 2 rings (SSSR count). The number of nitrogens with zero attached hydrogens (tertiary/aromatic N) is 1. The Morgan fingerprint density at radius 3 is 2.53 bits per heavy atom. The lowest BCUT2D eigenvalue weighted by molar-refractivity contribution is 0.438. The summed E-state index contributed by atoms with van der Waals surface area (Å²) < 4.78 is 0. The van der Waals surface area contributed by atoms with E-state index in [2.05, 4.69) is 30.9 Å². The van der Waals surface area contributed by atoms with Crippen molar-refractivity contribution in [2.45, 2.75) is 26.7 Å². The molecular formula is C14H20N2S. The minimum atomic E-state index is 0.487. The van der Waals surface area contributed by atoms with Crippen LogP contribution in [0.5, 0.6) is 0 Å². The quantitative estimate of drug-likeness (QED) is 0.816. The summed E-state index contributed by atoms with van der Waals surface area (Å²) in [5.74, 6) is 0.864. The minimum Gasteiger partial charge on any atom is -0.389 e. The molecule has 0 amide bonds. The van der Waals surface area contributed by atoms with Crippen molar-refractivity contribution < 1.29 is 0 Å². The molecule has 2 nitrogen and oxygen atoms in total. The van der Waals surface area contributed by atoms with Crippen LogP contribution in [0.2, 0.25) is 0 Å². The molecule has 0 saturated carbocycles. The van der Waals surface area contributed by atoms with E-state index in [-0.39, 0.29) is 0 Å². The lowest BCUT2D eigenvalue weighted by Crippen LogP contribution is -2.32. The molecule has 2 N–H and O–H groups in total. The van der Waals surface area contributed by atoms with Crippen LogP contribution < -0.4 is 10.6 Å². The van der Waals surface area contributed by atoms with Crippen molar-refractivity contribution in [1.82, 2.24) is 0 Å². The van der Waals surface area contributed by atoms with E-state index in [0.29, 0.717) is 4.99 Å². The summed E-state index contributed by atoms with van der Waals surface area (Å²) in [5, 5.41) is 0. The van der Waals surface area contributed by atoms with E-state index in [4.69, 9.17) is 18.0 Å². The standard InChI is InChI=1S/C14H20N2S/c1-10-5-7-16(8-6-10)12-3-4-13(14(15)17)11(2)9-12/h3-4,9-10H,5-8H2,1-2H3,(H2,15,17). The van der Waals surface area contributed by atoms with Gasteiger partial charge in [-0.2, -0.15) is 0 Å². The van der Waals surface area contributed by atoms with Crippen molar-refractivity contribution in [3.63, 3.8) is 0 Å². The van der Waals surface area contributed by atoms with Crippen LogP contribution in [0.3, 0.4) is 0 Å². The number of anilines is 1. The monoisotopic (exact) mass is 248 g/mol. The molecule has 3 heteroatoms. The van der Waals surface area contributed by atoms with E-state index >= 15 is 0 Å². The molecule has 1 aromatic carbocycles. The molecule has 0 aromatic heterocycles. The maximum atomic E-state index is 5.68. The molecule has 0 unspecified atom stereocenters. The largest absolute Gasteiger partial charge is 0.389 e. The first-order chi connectivity index (χ1) is 8.08. The molecule has 1 aromatic rings. The second kappa shape index (κ2) is 5.05. The van der Waals surface area contributed by atoms with Crippen LogP contribution in [0.1, 0.15) is 30.9 Å². The predicted octanol–water partition coefficient (Wildman–Crippen LogP) is 2.87. The zero-order valence-electron chi connectivity index (χ0n) is 10.6. The van der Waals surface area contributed by atoms with Gasteiger partial charge in [0.1, 0.15) is 4.99 Å². The molecule has 0 spiro atoms. The maximum Gasteiger partial charge on any atom is 0.104 e. The molecule has 0 radical (unpaired) electrons. The zero-order valence-corrected chi connectivity index (χ0v) is 11.4. The SMILES string of the molecule is Cc1cc(N2CCC(C)CC2)ccc1C(N)=S. The molecule has 0 bridgehead atoms. The van der Waals surface area contributed by atoms with Gasteiger partial charge in [0.25, 0.3) is 0 Å². The van der Waals surface area contributed by atoms with Gasteiger partial charge in [0.2, 0.25) is 0 Å². The van der Waals surface area contributed by atoms with E-state index in [1.165, 1.54) is 24.1 Å². The van der Waals surface area contributed by atoms with E-state index in [0.717, 1.165) is 24.6 Å². The highest BCUT2D eigenvalue weighted by atomic mass is 32.1. The summed E-state index contributed by atoms with van der Waals surface area (Å²) in [6.45, 7) is 6.73. The second-order valence-corrected chi connectivity index (χ2v) is 5.47. The Kier molecular flexibility index (Phi) is 3.67. The summed E-state index contributed by atoms with van der Waals surface area (Å²) in [6.07, 6.45) is 2.58. The number of aryl methyl sites for hydroxylation is 1. The summed E-state index contributed by atoms with van der Waals surface area (Å²) in [6, 6.07) is 6.38. The van der Waals surface area contributed by atoms with Gasteiger partial charge in [-0.05, 0) is 49.4 Å². The fraction of sp³-hybridized carbons (Fsp3) is 0.500. The first-order valence-corrected chi connectivity index (χ1v) is 6.64. The molecule has 1 aliphatic heterocycles. The fourth-order valence-corrected chi connectivity index (χ4v) is 2.62. The first-order valence-electron chi connectivity index (χ1n) is 6.23. The number of rotatable bonds is 2. The van der Waals surface area contributed by atoms with Crippen LogP contribution in [0.25, 0.3) is 0 Å². The molecule has 1 heterocycles. The van der Waals surface area contributed by atoms with Gasteiger partial charge in [0.05, 0.1) is 0 Å². The van der Waals surface area contributed by atoms with Crippen molar-refractivity contribution >= 4 is 22.9 Å². The van der Waals surface area contributed by atoms with Gasteiger partial charge in [-0.25, -0.2) is 0 Å². The lowest BCUT2D eigenvalue weighted by Gasteiger charge is -2.32. The van der Waals surface area contributed by atoms with Gasteiger partial charge in [-0.3, -0.25) is 0 Å².